The highest BCUT2D eigenvalue weighted by Crippen LogP contribution is 2.30. The molecule has 1 atom stereocenters. The fraction of sp³-hybridized carbons (Fsp3) is 0.455. The van der Waals surface area contributed by atoms with Crippen molar-refractivity contribution in [3.05, 3.63) is 28.8 Å². The number of hydrogen-bond acceptors (Lipinski definition) is 2. The van der Waals surface area contributed by atoms with Crippen LogP contribution in [0.25, 0.3) is 0 Å². The van der Waals surface area contributed by atoms with E-state index in [1.54, 1.807) is 6.92 Å². The van der Waals surface area contributed by atoms with Crippen molar-refractivity contribution in [2.75, 3.05) is 6.61 Å². The largest absolute Gasteiger partial charge is 0.486 e. The van der Waals surface area contributed by atoms with Crippen LogP contribution in [-0.2, 0) is 0 Å². The van der Waals surface area contributed by atoms with Crippen molar-refractivity contribution in [3.8, 4) is 5.75 Å². The summed E-state index contributed by atoms with van der Waals surface area (Å²) in [4.78, 5) is 0. The molecular formula is C11H12ClF4NO. The van der Waals surface area contributed by atoms with Gasteiger partial charge in [-0.05, 0) is 24.6 Å². The first-order valence-corrected chi connectivity index (χ1v) is 5.45. The van der Waals surface area contributed by atoms with Gasteiger partial charge in [0, 0.05) is 6.04 Å². The first kappa shape index (κ1) is 15.0. The van der Waals surface area contributed by atoms with Crippen LogP contribution in [0.5, 0.6) is 5.75 Å². The van der Waals surface area contributed by atoms with E-state index < -0.39 is 19.0 Å². The van der Waals surface area contributed by atoms with E-state index in [0.29, 0.717) is 5.56 Å². The number of nitrogens with two attached hydrogens (primary N) is 1. The number of halogens is 5. The van der Waals surface area contributed by atoms with E-state index in [1.165, 1.54) is 18.2 Å². The minimum absolute atomic E-state index is 0.0508. The fourth-order valence-corrected chi connectivity index (χ4v) is 1.40. The number of ether oxygens (including phenoxy) is 1. The third-order valence-electron chi connectivity index (χ3n) is 2.22. The van der Waals surface area contributed by atoms with Crippen molar-refractivity contribution < 1.29 is 22.3 Å². The maximum absolute atomic E-state index is 12.6. The van der Waals surface area contributed by atoms with Crippen LogP contribution in [0.3, 0.4) is 0 Å². The Kier molecular flexibility index (Phi) is 4.81. The van der Waals surface area contributed by atoms with Gasteiger partial charge in [0.05, 0.1) is 5.02 Å². The molecule has 0 spiro atoms. The van der Waals surface area contributed by atoms with Crippen LogP contribution in [0.15, 0.2) is 18.2 Å². The molecule has 1 aromatic rings. The van der Waals surface area contributed by atoms with Crippen LogP contribution in [-0.4, -0.2) is 19.0 Å². The predicted molar refractivity (Wildman–Crippen MR) is 60.5 cm³/mol. The monoisotopic (exact) mass is 285 g/mol. The molecule has 0 saturated heterocycles. The van der Waals surface area contributed by atoms with E-state index in [9.17, 15) is 17.6 Å². The average Bonchev–Trinajstić information content (AvgIpc) is 2.26. The van der Waals surface area contributed by atoms with Gasteiger partial charge in [-0.15, -0.1) is 0 Å². The lowest BCUT2D eigenvalue weighted by Gasteiger charge is -2.17. The molecule has 2 N–H and O–H groups in total. The van der Waals surface area contributed by atoms with Crippen LogP contribution >= 0.6 is 11.6 Å². The van der Waals surface area contributed by atoms with Gasteiger partial charge in [-0.3, -0.25) is 0 Å². The molecule has 7 heteroatoms. The third-order valence-corrected chi connectivity index (χ3v) is 2.52. The zero-order valence-corrected chi connectivity index (χ0v) is 10.2. The summed E-state index contributed by atoms with van der Waals surface area (Å²) >= 11 is 5.77. The highest BCUT2D eigenvalue weighted by molar-refractivity contribution is 6.32. The fourth-order valence-electron chi connectivity index (χ4n) is 1.15. The molecular weight excluding hydrogens is 274 g/mol. The Labute approximate surface area is 107 Å². The Bertz CT molecular complexity index is 412. The summed E-state index contributed by atoms with van der Waals surface area (Å²) in [5.41, 5.74) is 6.28. The first-order chi connectivity index (χ1) is 8.24. The smallest absolute Gasteiger partial charge is 0.340 e. The predicted octanol–water partition coefficient (Wildman–Crippen LogP) is 3.64. The highest BCUT2D eigenvalue weighted by atomic mass is 35.5. The average molecular weight is 286 g/mol. The SMILES string of the molecule is CC(N)c1ccc(OCC(F)(F)C(F)F)c(Cl)c1. The summed E-state index contributed by atoms with van der Waals surface area (Å²) < 4.78 is 53.7. The molecule has 102 valence electrons. The van der Waals surface area contributed by atoms with Gasteiger partial charge in [0.15, 0.2) is 6.61 Å². The zero-order valence-electron chi connectivity index (χ0n) is 9.47. The van der Waals surface area contributed by atoms with Crippen LogP contribution in [0.2, 0.25) is 5.02 Å². The molecule has 2 nitrogen and oxygen atoms in total. The second kappa shape index (κ2) is 5.75. The minimum Gasteiger partial charge on any atom is -0.486 e. The third kappa shape index (κ3) is 3.74. The maximum atomic E-state index is 12.6. The van der Waals surface area contributed by atoms with E-state index in [-0.39, 0.29) is 16.8 Å². The number of alkyl halides is 4. The standard InChI is InChI=1S/C11H12ClF4NO/c1-6(17)7-2-3-9(8(12)4-7)18-5-11(15,16)10(13)14/h2-4,6,10H,5,17H2,1H3. The van der Waals surface area contributed by atoms with E-state index in [0.717, 1.165) is 0 Å². The molecule has 1 rings (SSSR count). The molecule has 1 unspecified atom stereocenters. The van der Waals surface area contributed by atoms with Gasteiger partial charge in [0.2, 0.25) is 0 Å². The van der Waals surface area contributed by atoms with E-state index >= 15 is 0 Å². The lowest BCUT2D eigenvalue weighted by atomic mass is 10.1. The van der Waals surface area contributed by atoms with Gasteiger partial charge in [0.25, 0.3) is 0 Å². The Hall–Kier alpha value is -1.01. The molecule has 0 aromatic heterocycles. The molecule has 0 aliphatic heterocycles. The quantitative estimate of drug-likeness (QED) is 0.838. The van der Waals surface area contributed by atoms with E-state index in [1.807, 2.05) is 0 Å². The van der Waals surface area contributed by atoms with Gasteiger partial charge < -0.3 is 10.5 Å². The van der Waals surface area contributed by atoms with Gasteiger partial charge >= 0.3 is 12.3 Å². The van der Waals surface area contributed by atoms with E-state index in [4.69, 9.17) is 17.3 Å². The van der Waals surface area contributed by atoms with Crippen molar-refractivity contribution in [2.45, 2.75) is 25.3 Å². The van der Waals surface area contributed by atoms with Crippen molar-refractivity contribution in [1.29, 1.82) is 0 Å². The highest BCUT2D eigenvalue weighted by Gasteiger charge is 2.41. The van der Waals surface area contributed by atoms with Crippen molar-refractivity contribution in [1.82, 2.24) is 0 Å². The Morgan fingerprint density at radius 1 is 1.39 bits per heavy atom. The van der Waals surface area contributed by atoms with Crippen molar-refractivity contribution in [2.24, 2.45) is 5.73 Å². The number of hydrogen-bond donors (Lipinski definition) is 1. The van der Waals surface area contributed by atoms with Crippen molar-refractivity contribution in [3.63, 3.8) is 0 Å². The molecule has 0 bridgehead atoms. The summed E-state index contributed by atoms with van der Waals surface area (Å²) in [6.07, 6.45) is -3.78. The van der Waals surface area contributed by atoms with E-state index in [2.05, 4.69) is 4.74 Å². The van der Waals surface area contributed by atoms with Crippen LogP contribution in [0.4, 0.5) is 17.6 Å². The first-order valence-electron chi connectivity index (χ1n) is 5.08. The van der Waals surface area contributed by atoms with Crippen LogP contribution in [0.1, 0.15) is 18.5 Å². The summed E-state index contributed by atoms with van der Waals surface area (Å²) in [6.45, 7) is 0.291. The lowest BCUT2D eigenvalue weighted by Crippen LogP contribution is -2.33. The Morgan fingerprint density at radius 3 is 2.44 bits per heavy atom. The normalized spacial score (nSPS) is 13.8. The van der Waals surface area contributed by atoms with Gasteiger partial charge in [-0.2, -0.15) is 8.78 Å². The second-order valence-electron chi connectivity index (χ2n) is 3.83. The molecule has 0 heterocycles. The molecule has 0 radical (unpaired) electrons. The summed E-state index contributed by atoms with van der Waals surface area (Å²) in [5, 5.41) is 0.0508. The molecule has 0 aliphatic carbocycles. The lowest BCUT2D eigenvalue weighted by molar-refractivity contribution is -0.148. The number of benzene rings is 1. The van der Waals surface area contributed by atoms with Crippen molar-refractivity contribution >= 4 is 11.6 Å². The van der Waals surface area contributed by atoms with Crippen LogP contribution in [0, 0.1) is 0 Å². The minimum atomic E-state index is -4.21. The van der Waals surface area contributed by atoms with Gasteiger partial charge in [-0.1, -0.05) is 17.7 Å². The Balaban J connectivity index is 2.75. The molecule has 0 saturated carbocycles. The molecule has 1 aromatic carbocycles. The second-order valence-corrected chi connectivity index (χ2v) is 4.24. The van der Waals surface area contributed by atoms with Gasteiger partial charge in [-0.25, -0.2) is 8.78 Å². The summed E-state index contributed by atoms with van der Waals surface area (Å²) in [7, 11) is 0. The summed E-state index contributed by atoms with van der Waals surface area (Å²) in [5.74, 6) is -4.29. The molecule has 0 fully saturated rings. The number of rotatable bonds is 5. The topological polar surface area (TPSA) is 35.2 Å². The van der Waals surface area contributed by atoms with Crippen LogP contribution < -0.4 is 10.5 Å². The van der Waals surface area contributed by atoms with Gasteiger partial charge in [0.1, 0.15) is 5.75 Å². The Morgan fingerprint density at radius 2 is 2.00 bits per heavy atom. The zero-order chi connectivity index (χ0) is 13.9. The maximum Gasteiger partial charge on any atom is 0.340 e. The summed E-state index contributed by atoms with van der Waals surface area (Å²) in [6, 6.07) is 4.02. The molecule has 18 heavy (non-hydrogen) atoms. The molecule has 0 amide bonds. The molecule has 0 aliphatic rings.